The van der Waals surface area contributed by atoms with Crippen LogP contribution < -0.4 is 5.32 Å². The molecule has 0 aliphatic carbocycles. The second-order valence-corrected chi connectivity index (χ2v) is 5.81. The molecular formula is C16H16N2O2S. The van der Waals surface area contributed by atoms with E-state index < -0.39 is 0 Å². The van der Waals surface area contributed by atoms with Crippen LogP contribution in [0.4, 0.5) is 5.69 Å². The van der Waals surface area contributed by atoms with E-state index in [1.54, 1.807) is 0 Å². The largest absolute Gasteiger partial charge is 0.384 e. The fourth-order valence-electron chi connectivity index (χ4n) is 1.93. The zero-order valence-electron chi connectivity index (χ0n) is 12.2. The molecule has 0 unspecified atom stereocenters. The first-order valence-corrected chi connectivity index (χ1v) is 7.28. The van der Waals surface area contributed by atoms with Crippen molar-refractivity contribution in [2.24, 2.45) is 0 Å². The number of aryl methyl sites for hydroxylation is 3. The number of carbonyl (C=O) groups is 1. The normalized spacial score (nSPS) is 9.90. The smallest absolute Gasteiger partial charge is 0.267 e. The van der Waals surface area contributed by atoms with Crippen molar-refractivity contribution in [3.63, 3.8) is 0 Å². The Morgan fingerprint density at radius 3 is 2.76 bits per heavy atom. The molecule has 0 fully saturated rings. The standard InChI is InChI=1S/C16H16N2O2S/c1-10-6-7-14(13(9-10)5-4-8-19)18-16(20)15-11(2)17-12(3)21-15/h6-7,9,19H,8H2,1-3H3,(H,18,20). The van der Waals surface area contributed by atoms with Gasteiger partial charge in [0, 0.05) is 5.56 Å². The average Bonchev–Trinajstić information content (AvgIpc) is 2.78. The van der Waals surface area contributed by atoms with Crippen LogP contribution in [0.1, 0.15) is 31.5 Å². The Labute approximate surface area is 127 Å². The van der Waals surface area contributed by atoms with Gasteiger partial charge < -0.3 is 10.4 Å². The molecule has 0 aliphatic rings. The minimum Gasteiger partial charge on any atom is -0.384 e. The second kappa shape index (κ2) is 6.53. The lowest BCUT2D eigenvalue weighted by molar-refractivity contribution is 0.103. The van der Waals surface area contributed by atoms with Crippen molar-refractivity contribution in [1.29, 1.82) is 0 Å². The fourth-order valence-corrected chi connectivity index (χ4v) is 2.74. The molecule has 1 heterocycles. The molecule has 4 nitrogen and oxygen atoms in total. The number of hydrogen-bond acceptors (Lipinski definition) is 4. The lowest BCUT2D eigenvalue weighted by atomic mass is 10.1. The van der Waals surface area contributed by atoms with E-state index in [2.05, 4.69) is 22.1 Å². The Hall–Kier alpha value is -2.16. The van der Waals surface area contributed by atoms with E-state index in [0.29, 0.717) is 16.1 Å². The van der Waals surface area contributed by atoms with Gasteiger partial charge in [-0.1, -0.05) is 17.9 Å². The van der Waals surface area contributed by atoms with E-state index >= 15 is 0 Å². The highest BCUT2D eigenvalue weighted by molar-refractivity contribution is 7.13. The van der Waals surface area contributed by atoms with Crippen LogP contribution >= 0.6 is 11.3 Å². The number of anilines is 1. The van der Waals surface area contributed by atoms with Crippen molar-refractivity contribution in [3.8, 4) is 11.8 Å². The number of carbonyl (C=O) groups excluding carboxylic acids is 1. The Kier molecular flexibility index (Phi) is 4.73. The van der Waals surface area contributed by atoms with Gasteiger partial charge in [-0.2, -0.15) is 0 Å². The van der Waals surface area contributed by atoms with Crippen molar-refractivity contribution in [1.82, 2.24) is 4.98 Å². The molecular weight excluding hydrogens is 284 g/mol. The highest BCUT2D eigenvalue weighted by atomic mass is 32.1. The van der Waals surface area contributed by atoms with Gasteiger partial charge in [0.2, 0.25) is 0 Å². The minimum atomic E-state index is -0.214. The SMILES string of the molecule is Cc1ccc(NC(=O)c2sc(C)nc2C)c(C#CCO)c1. The number of nitrogens with zero attached hydrogens (tertiary/aromatic N) is 1. The maximum absolute atomic E-state index is 12.3. The van der Waals surface area contributed by atoms with Crippen LogP contribution in [0, 0.1) is 32.6 Å². The summed E-state index contributed by atoms with van der Waals surface area (Å²) in [6.07, 6.45) is 0. The summed E-state index contributed by atoms with van der Waals surface area (Å²) in [4.78, 5) is 17.2. The molecule has 0 saturated carbocycles. The molecule has 2 rings (SSSR count). The summed E-state index contributed by atoms with van der Waals surface area (Å²) in [6, 6.07) is 5.60. The lowest BCUT2D eigenvalue weighted by Crippen LogP contribution is -2.12. The van der Waals surface area contributed by atoms with Crippen LogP contribution in [0.2, 0.25) is 0 Å². The van der Waals surface area contributed by atoms with Crippen LogP contribution in [0.3, 0.4) is 0 Å². The maximum atomic E-state index is 12.3. The third-order valence-electron chi connectivity index (χ3n) is 2.84. The molecule has 108 valence electrons. The van der Waals surface area contributed by atoms with Crippen molar-refractivity contribution >= 4 is 22.9 Å². The maximum Gasteiger partial charge on any atom is 0.267 e. The summed E-state index contributed by atoms with van der Waals surface area (Å²) in [5.41, 5.74) is 3.10. The summed E-state index contributed by atoms with van der Waals surface area (Å²) in [5.74, 6) is 5.27. The van der Waals surface area contributed by atoms with E-state index in [1.807, 2.05) is 39.0 Å². The quantitative estimate of drug-likeness (QED) is 0.838. The van der Waals surface area contributed by atoms with Crippen LogP contribution in [0.25, 0.3) is 0 Å². The molecule has 0 radical (unpaired) electrons. The molecule has 0 bridgehead atoms. The second-order valence-electron chi connectivity index (χ2n) is 4.61. The van der Waals surface area contributed by atoms with Crippen LogP contribution in [0.5, 0.6) is 0 Å². The Morgan fingerprint density at radius 2 is 2.14 bits per heavy atom. The van der Waals surface area contributed by atoms with Gasteiger partial charge in [0.25, 0.3) is 5.91 Å². The van der Waals surface area contributed by atoms with E-state index in [0.717, 1.165) is 16.3 Å². The molecule has 2 aromatic rings. The summed E-state index contributed by atoms with van der Waals surface area (Å²) in [6.45, 7) is 5.43. The molecule has 5 heteroatoms. The molecule has 1 amide bonds. The van der Waals surface area contributed by atoms with E-state index in [-0.39, 0.29) is 12.5 Å². The lowest BCUT2D eigenvalue weighted by Gasteiger charge is -2.07. The number of nitrogens with one attached hydrogen (secondary N) is 1. The van der Waals surface area contributed by atoms with Gasteiger partial charge in [-0.3, -0.25) is 4.79 Å². The molecule has 0 aliphatic heterocycles. The number of aromatic nitrogens is 1. The molecule has 0 spiro atoms. The number of rotatable bonds is 2. The molecule has 1 aromatic heterocycles. The number of aliphatic hydroxyl groups excluding tert-OH is 1. The first-order chi connectivity index (χ1) is 10.0. The zero-order chi connectivity index (χ0) is 15.4. The van der Waals surface area contributed by atoms with Gasteiger partial charge in [-0.25, -0.2) is 4.98 Å². The van der Waals surface area contributed by atoms with Gasteiger partial charge in [-0.05, 0) is 38.5 Å². The van der Waals surface area contributed by atoms with Gasteiger partial charge in [0.15, 0.2) is 0 Å². The van der Waals surface area contributed by atoms with E-state index in [9.17, 15) is 4.79 Å². The third kappa shape index (κ3) is 3.69. The number of aliphatic hydroxyl groups is 1. The third-order valence-corrected chi connectivity index (χ3v) is 3.91. The van der Waals surface area contributed by atoms with Crippen molar-refractivity contribution in [2.45, 2.75) is 20.8 Å². The van der Waals surface area contributed by atoms with Crippen LogP contribution in [-0.2, 0) is 0 Å². The number of benzene rings is 1. The first kappa shape index (κ1) is 15.2. The van der Waals surface area contributed by atoms with Crippen LogP contribution in [0.15, 0.2) is 18.2 Å². The Morgan fingerprint density at radius 1 is 1.38 bits per heavy atom. The highest BCUT2D eigenvalue weighted by Crippen LogP contribution is 2.21. The van der Waals surface area contributed by atoms with E-state index in [4.69, 9.17) is 5.11 Å². The predicted molar refractivity (Wildman–Crippen MR) is 84.7 cm³/mol. The predicted octanol–water partition coefficient (Wildman–Crippen LogP) is 2.66. The number of amides is 1. The number of hydrogen-bond donors (Lipinski definition) is 2. The summed E-state index contributed by atoms with van der Waals surface area (Å²) >= 11 is 1.37. The Bertz CT molecular complexity index is 738. The molecule has 2 N–H and O–H groups in total. The minimum absolute atomic E-state index is 0.186. The first-order valence-electron chi connectivity index (χ1n) is 6.47. The van der Waals surface area contributed by atoms with Gasteiger partial charge in [-0.15, -0.1) is 11.3 Å². The average molecular weight is 300 g/mol. The zero-order valence-corrected chi connectivity index (χ0v) is 13.0. The van der Waals surface area contributed by atoms with Crippen molar-refractivity contribution < 1.29 is 9.90 Å². The molecule has 21 heavy (non-hydrogen) atoms. The van der Waals surface area contributed by atoms with Gasteiger partial charge >= 0.3 is 0 Å². The highest BCUT2D eigenvalue weighted by Gasteiger charge is 2.15. The Balaban J connectivity index is 2.31. The van der Waals surface area contributed by atoms with E-state index in [1.165, 1.54) is 11.3 Å². The van der Waals surface area contributed by atoms with Crippen molar-refractivity contribution in [3.05, 3.63) is 44.9 Å². The van der Waals surface area contributed by atoms with Crippen LogP contribution in [-0.4, -0.2) is 22.6 Å². The fraction of sp³-hybridized carbons (Fsp3) is 0.250. The van der Waals surface area contributed by atoms with Crippen molar-refractivity contribution in [2.75, 3.05) is 11.9 Å². The van der Waals surface area contributed by atoms with Gasteiger partial charge in [0.1, 0.15) is 11.5 Å². The molecule has 0 atom stereocenters. The molecule has 1 aromatic carbocycles. The summed E-state index contributed by atoms with van der Waals surface area (Å²) in [5, 5.41) is 12.5. The topological polar surface area (TPSA) is 62.2 Å². The molecule has 0 saturated heterocycles. The summed E-state index contributed by atoms with van der Waals surface area (Å²) in [7, 11) is 0. The number of thiazole rings is 1. The summed E-state index contributed by atoms with van der Waals surface area (Å²) < 4.78 is 0. The van der Waals surface area contributed by atoms with Gasteiger partial charge in [0.05, 0.1) is 16.4 Å². The monoisotopic (exact) mass is 300 g/mol.